The van der Waals surface area contributed by atoms with E-state index in [1.807, 2.05) is 97.3 Å². The summed E-state index contributed by atoms with van der Waals surface area (Å²) in [6.07, 6.45) is 7.26. The van der Waals surface area contributed by atoms with Crippen LogP contribution in [0.15, 0.2) is 243 Å². The summed E-state index contributed by atoms with van der Waals surface area (Å²) in [4.78, 5) is 17.5. The molecule has 4 aromatic heterocycles. The van der Waals surface area contributed by atoms with Crippen molar-refractivity contribution in [1.82, 2.24) is 19.9 Å². The van der Waals surface area contributed by atoms with Gasteiger partial charge in [0, 0.05) is 44.9 Å². The Bertz CT molecular complexity index is 2480. The number of pyridine rings is 4. The molecule has 0 spiro atoms. The molecule has 5 heteroatoms. The second-order valence-electron chi connectivity index (χ2n) is 13.7. The SMILES string of the molecule is [Ir].[c-]1ccc(-c2ccccc2)cc1-c1cc(-c2ccccc2)ccn1.[c-]1ccc(-c2ccccc2)cc1-c1cc(-c2ccccc2)ccn1.c1ccc(-c2ccccn2)nc1. The Morgan fingerprint density at radius 3 is 0.885 bits per heavy atom. The molecule has 0 N–H and O–H groups in total. The van der Waals surface area contributed by atoms with E-state index in [2.05, 4.69) is 166 Å². The number of nitrogens with zero attached hydrogens (tertiary/aromatic N) is 4. The van der Waals surface area contributed by atoms with E-state index in [9.17, 15) is 0 Å². The van der Waals surface area contributed by atoms with Gasteiger partial charge in [-0.05, 0) is 81.2 Å². The van der Waals surface area contributed by atoms with Crippen LogP contribution in [0.2, 0.25) is 0 Å². The Balaban J connectivity index is 0.000000144. The predicted molar refractivity (Wildman–Crippen MR) is 246 cm³/mol. The fourth-order valence-corrected chi connectivity index (χ4v) is 6.65. The smallest absolute Gasteiger partial charge is 0.0886 e. The van der Waals surface area contributed by atoms with E-state index in [1.54, 1.807) is 12.4 Å². The summed E-state index contributed by atoms with van der Waals surface area (Å²) in [5, 5.41) is 0. The van der Waals surface area contributed by atoms with Gasteiger partial charge in [-0.1, -0.05) is 146 Å². The summed E-state index contributed by atoms with van der Waals surface area (Å²) in [7, 11) is 0. The van der Waals surface area contributed by atoms with Crippen molar-refractivity contribution in [2.75, 3.05) is 0 Å². The van der Waals surface area contributed by atoms with Crippen LogP contribution in [0, 0.1) is 12.1 Å². The van der Waals surface area contributed by atoms with Crippen molar-refractivity contribution >= 4 is 0 Å². The van der Waals surface area contributed by atoms with Gasteiger partial charge in [0.2, 0.25) is 0 Å². The first-order valence-electron chi connectivity index (χ1n) is 19.8. The third-order valence-electron chi connectivity index (χ3n) is 9.70. The summed E-state index contributed by atoms with van der Waals surface area (Å²) < 4.78 is 0. The fraction of sp³-hybridized carbons (Fsp3) is 0. The second kappa shape index (κ2) is 21.5. The van der Waals surface area contributed by atoms with Crippen molar-refractivity contribution in [1.29, 1.82) is 0 Å². The zero-order valence-electron chi connectivity index (χ0n) is 33.2. The van der Waals surface area contributed by atoms with Crippen molar-refractivity contribution in [2.45, 2.75) is 0 Å². The van der Waals surface area contributed by atoms with E-state index in [0.29, 0.717) is 0 Å². The van der Waals surface area contributed by atoms with Gasteiger partial charge >= 0.3 is 0 Å². The van der Waals surface area contributed by atoms with Gasteiger partial charge in [0.25, 0.3) is 0 Å². The molecule has 4 nitrogen and oxygen atoms in total. The molecule has 0 aliphatic carbocycles. The van der Waals surface area contributed by atoms with Crippen LogP contribution in [0.3, 0.4) is 0 Å². The van der Waals surface area contributed by atoms with Crippen LogP contribution in [0.5, 0.6) is 0 Å². The van der Waals surface area contributed by atoms with Gasteiger partial charge in [0.1, 0.15) is 0 Å². The van der Waals surface area contributed by atoms with Crippen molar-refractivity contribution in [3.05, 3.63) is 255 Å². The molecule has 0 aliphatic heterocycles. The van der Waals surface area contributed by atoms with Crippen molar-refractivity contribution in [3.8, 4) is 78.4 Å². The van der Waals surface area contributed by atoms with Crippen molar-refractivity contribution in [3.63, 3.8) is 0 Å². The Morgan fingerprint density at radius 2 is 0.557 bits per heavy atom. The number of benzene rings is 6. The average molecular weight is 961 g/mol. The van der Waals surface area contributed by atoms with Crippen LogP contribution in [0.25, 0.3) is 78.4 Å². The van der Waals surface area contributed by atoms with E-state index < -0.39 is 0 Å². The topological polar surface area (TPSA) is 51.6 Å². The molecule has 0 saturated heterocycles. The van der Waals surface area contributed by atoms with Crippen LogP contribution < -0.4 is 0 Å². The summed E-state index contributed by atoms with van der Waals surface area (Å²) in [6, 6.07) is 80.4. The molecule has 10 aromatic rings. The zero-order valence-corrected chi connectivity index (χ0v) is 35.6. The molecule has 1 radical (unpaired) electrons. The first kappa shape index (κ1) is 41.7. The third kappa shape index (κ3) is 11.4. The predicted octanol–water partition coefficient (Wildman–Crippen LogP) is 13.9. The summed E-state index contributed by atoms with van der Waals surface area (Å²) in [6.45, 7) is 0. The second-order valence-corrected chi connectivity index (χ2v) is 13.7. The van der Waals surface area contributed by atoms with Crippen LogP contribution in [-0.4, -0.2) is 19.9 Å². The minimum Gasteiger partial charge on any atom is -0.305 e. The monoisotopic (exact) mass is 961 g/mol. The van der Waals surface area contributed by atoms with Gasteiger partial charge in [-0.25, -0.2) is 0 Å². The van der Waals surface area contributed by atoms with Gasteiger partial charge in [-0.15, -0.1) is 70.8 Å². The molecule has 0 saturated carbocycles. The number of aromatic nitrogens is 4. The van der Waals surface area contributed by atoms with Crippen molar-refractivity contribution in [2.24, 2.45) is 0 Å². The normalized spacial score (nSPS) is 10.2. The Hall–Kier alpha value is -7.43. The molecule has 0 amide bonds. The Labute approximate surface area is 371 Å². The maximum atomic E-state index is 4.54. The molecule has 0 atom stereocenters. The minimum atomic E-state index is 0. The summed E-state index contributed by atoms with van der Waals surface area (Å²) in [5.74, 6) is 0. The first-order chi connectivity index (χ1) is 29.8. The molecule has 0 unspecified atom stereocenters. The molecular weight excluding hydrogens is 921 g/mol. The molecule has 6 aromatic carbocycles. The van der Waals surface area contributed by atoms with E-state index in [0.717, 1.165) is 33.9 Å². The van der Waals surface area contributed by atoms with Crippen LogP contribution in [-0.2, 0) is 20.1 Å². The molecule has 4 heterocycles. The molecule has 295 valence electrons. The molecule has 61 heavy (non-hydrogen) atoms. The summed E-state index contributed by atoms with van der Waals surface area (Å²) in [5.41, 5.74) is 15.2. The van der Waals surface area contributed by atoms with Gasteiger partial charge in [-0.3, -0.25) is 9.97 Å². The Morgan fingerprint density at radius 1 is 0.246 bits per heavy atom. The number of hydrogen-bond donors (Lipinski definition) is 0. The first-order valence-corrected chi connectivity index (χ1v) is 19.8. The minimum absolute atomic E-state index is 0. The summed E-state index contributed by atoms with van der Waals surface area (Å²) >= 11 is 0. The maximum absolute atomic E-state index is 4.54. The van der Waals surface area contributed by atoms with E-state index >= 15 is 0 Å². The fourth-order valence-electron chi connectivity index (χ4n) is 6.65. The van der Waals surface area contributed by atoms with Gasteiger partial charge in [-0.2, -0.15) is 0 Å². The van der Waals surface area contributed by atoms with E-state index in [4.69, 9.17) is 0 Å². The number of rotatable bonds is 7. The van der Waals surface area contributed by atoms with Crippen LogP contribution in [0.4, 0.5) is 0 Å². The van der Waals surface area contributed by atoms with Gasteiger partial charge in [0.15, 0.2) is 0 Å². The maximum Gasteiger partial charge on any atom is 0.0886 e. The van der Waals surface area contributed by atoms with Gasteiger partial charge in [0.05, 0.1) is 11.4 Å². The van der Waals surface area contributed by atoms with E-state index in [1.165, 1.54) is 44.5 Å². The quantitative estimate of drug-likeness (QED) is 0.149. The molecule has 0 bridgehead atoms. The largest absolute Gasteiger partial charge is 0.305 e. The molecule has 0 fully saturated rings. The van der Waals surface area contributed by atoms with Crippen LogP contribution >= 0.6 is 0 Å². The molecule has 0 aliphatic rings. The van der Waals surface area contributed by atoms with Gasteiger partial charge < -0.3 is 9.97 Å². The van der Waals surface area contributed by atoms with E-state index in [-0.39, 0.29) is 20.1 Å². The molecular formula is C56H40IrN4-2. The van der Waals surface area contributed by atoms with Crippen molar-refractivity contribution < 1.29 is 20.1 Å². The van der Waals surface area contributed by atoms with Crippen LogP contribution in [0.1, 0.15) is 0 Å². The number of hydrogen-bond acceptors (Lipinski definition) is 4. The zero-order chi connectivity index (χ0) is 40.6. The molecule has 10 rings (SSSR count). The average Bonchev–Trinajstić information content (AvgIpc) is 3.36. The standard InChI is InChI=1S/2C23H16N.C10H8N2.Ir/c2*1-3-8-18(9-4-1)20-12-7-13-22(16-20)23-17-21(14-15-24-23)19-10-5-2-6-11-19;1-3-7-11-9(5-1)10-6-2-4-8-12-10;/h2*1-12,14-17H;1-8H;/q2*-1;;. The Kier molecular flexibility index (Phi) is 14.7. The third-order valence-corrected chi connectivity index (χ3v) is 9.70.